The lowest BCUT2D eigenvalue weighted by atomic mass is 10.0. The number of nitrogens with two attached hydrogens (primary N) is 1. The fourth-order valence-corrected chi connectivity index (χ4v) is 4.98. The minimum absolute atomic E-state index is 0.388. The van der Waals surface area contributed by atoms with E-state index in [1.165, 1.54) is 35.8 Å². The van der Waals surface area contributed by atoms with E-state index < -0.39 is 0 Å². The summed E-state index contributed by atoms with van der Waals surface area (Å²) in [5.74, 6) is 8.47. The summed E-state index contributed by atoms with van der Waals surface area (Å²) in [6.07, 6.45) is 7.55. The van der Waals surface area contributed by atoms with E-state index >= 15 is 0 Å². The molecule has 2 fully saturated rings. The van der Waals surface area contributed by atoms with Crippen molar-refractivity contribution in [3.63, 3.8) is 0 Å². The van der Waals surface area contributed by atoms with Crippen LogP contribution in [0.3, 0.4) is 0 Å². The molecule has 20 heavy (non-hydrogen) atoms. The summed E-state index contributed by atoms with van der Waals surface area (Å²) < 4.78 is 3.19. The lowest BCUT2D eigenvalue weighted by molar-refractivity contribution is 0.427. The summed E-state index contributed by atoms with van der Waals surface area (Å²) in [7, 11) is 2.03. The monoisotopic (exact) mass is 340 g/mol. The van der Waals surface area contributed by atoms with Gasteiger partial charge in [0.25, 0.3) is 0 Å². The zero-order valence-electron chi connectivity index (χ0n) is 12.4. The normalized spacial score (nSPS) is 30.1. The summed E-state index contributed by atoms with van der Waals surface area (Å²) in [6.45, 7) is 2.14. The van der Waals surface area contributed by atoms with Crippen LogP contribution in [0.4, 0.5) is 0 Å². The zero-order chi connectivity index (χ0) is 14.3. The van der Waals surface area contributed by atoms with Crippen molar-refractivity contribution < 1.29 is 0 Å². The molecule has 1 aromatic rings. The van der Waals surface area contributed by atoms with E-state index in [1.807, 2.05) is 11.7 Å². The van der Waals surface area contributed by atoms with Crippen LogP contribution in [0, 0.1) is 17.8 Å². The summed E-state index contributed by atoms with van der Waals surface area (Å²) in [5, 5.41) is 4.59. The first-order valence-corrected chi connectivity index (χ1v) is 8.63. The maximum atomic E-state index is 5.86. The van der Waals surface area contributed by atoms with Crippen molar-refractivity contribution in [1.82, 2.24) is 15.2 Å². The van der Waals surface area contributed by atoms with Crippen LogP contribution < -0.4 is 11.3 Å². The third-order valence-electron chi connectivity index (χ3n) is 5.32. The molecular weight excluding hydrogens is 316 g/mol. The molecule has 3 unspecified atom stereocenters. The lowest BCUT2D eigenvalue weighted by Crippen LogP contribution is -2.39. The number of aryl methyl sites for hydroxylation is 2. The molecule has 2 aliphatic carbocycles. The van der Waals surface area contributed by atoms with E-state index in [2.05, 4.69) is 33.4 Å². The summed E-state index contributed by atoms with van der Waals surface area (Å²) in [6, 6.07) is 0.388. The molecule has 5 heteroatoms. The maximum Gasteiger partial charge on any atom is 0.0766 e. The van der Waals surface area contributed by atoms with Crippen molar-refractivity contribution in [1.29, 1.82) is 0 Å². The minimum atomic E-state index is 0.388. The van der Waals surface area contributed by atoms with Crippen LogP contribution in [0.5, 0.6) is 0 Å². The molecule has 1 heterocycles. The van der Waals surface area contributed by atoms with Gasteiger partial charge in [-0.2, -0.15) is 5.10 Å². The van der Waals surface area contributed by atoms with Crippen LogP contribution in [0.15, 0.2) is 4.47 Å². The molecule has 2 aliphatic rings. The van der Waals surface area contributed by atoms with Crippen molar-refractivity contribution in [3.05, 3.63) is 15.9 Å². The molecule has 0 amide bonds. The van der Waals surface area contributed by atoms with Crippen LogP contribution in [0.1, 0.15) is 44.0 Å². The highest BCUT2D eigenvalue weighted by molar-refractivity contribution is 9.10. The van der Waals surface area contributed by atoms with Gasteiger partial charge in [0, 0.05) is 19.5 Å². The predicted octanol–water partition coefficient (Wildman–Crippen LogP) is 2.56. The Morgan fingerprint density at radius 2 is 2.05 bits per heavy atom. The molecule has 0 spiro atoms. The molecule has 2 saturated carbocycles. The number of fused-ring (bicyclic) bond motifs is 1. The third kappa shape index (κ3) is 2.44. The topological polar surface area (TPSA) is 55.9 Å². The number of hydrazine groups is 1. The van der Waals surface area contributed by atoms with Crippen LogP contribution in [-0.2, 0) is 19.9 Å². The van der Waals surface area contributed by atoms with Crippen LogP contribution in [-0.4, -0.2) is 15.8 Å². The van der Waals surface area contributed by atoms with Crippen molar-refractivity contribution in [2.45, 2.75) is 51.5 Å². The van der Waals surface area contributed by atoms with Crippen LogP contribution >= 0.6 is 15.9 Å². The average Bonchev–Trinajstić information content (AvgIpc) is 3.12. The highest BCUT2D eigenvalue weighted by Gasteiger charge is 2.53. The third-order valence-corrected chi connectivity index (χ3v) is 6.23. The minimum Gasteiger partial charge on any atom is -0.271 e. The molecule has 0 radical (unpaired) electrons. The molecule has 0 bridgehead atoms. The second-order valence-corrected chi connectivity index (χ2v) is 7.14. The Bertz CT molecular complexity index is 472. The number of hydrogen-bond donors (Lipinski definition) is 2. The van der Waals surface area contributed by atoms with Gasteiger partial charge in [0.2, 0.25) is 0 Å². The van der Waals surface area contributed by atoms with Crippen molar-refractivity contribution >= 4 is 15.9 Å². The van der Waals surface area contributed by atoms with Gasteiger partial charge in [-0.05, 0) is 52.9 Å². The Labute approximate surface area is 129 Å². The molecule has 3 atom stereocenters. The smallest absolute Gasteiger partial charge is 0.0766 e. The first-order chi connectivity index (χ1) is 9.67. The van der Waals surface area contributed by atoms with E-state index in [0.29, 0.717) is 6.04 Å². The second-order valence-electron chi connectivity index (χ2n) is 6.35. The van der Waals surface area contributed by atoms with Gasteiger partial charge in [0.1, 0.15) is 0 Å². The van der Waals surface area contributed by atoms with Crippen LogP contribution in [0.25, 0.3) is 0 Å². The average molecular weight is 341 g/mol. The fraction of sp³-hybridized carbons (Fsp3) is 0.800. The van der Waals surface area contributed by atoms with Crippen molar-refractivity contribution in [2.24, 2.45) is 30.6 Å². The number of aromatic nitrogens is 2. The highest BCUT2D eigenvalue weighted by Crippen LogP contribution is 2.57. The molecule has 0 aliphatic heterocycles. The Kier molecular flexibility index (Phi) is 4.20. The molecule has 0 saturated heterocycles. The first-order valence-electron chi connectivity index (χ1n) is 7.83. The first kappa shape index (κ1) is 14.5. The van der Waals surface area contributed by atoms with Gasteiger partial charge in [0.05, 0.1) is 15.9 Å². The van der Waals surface area contributed by atoms with Gasteiger partial charge in [-0.15, -0.1) is 0 Å². The summed E-state index contributed by atoms with van der Waals surface area (Å²) in [5.41, 5.74) is 5.51. The highest BCUT2D eigenvalue weighted by atomic mass is 79.9. The number of rotatable bonds is 5. The van der Waals surface area contributed by atoms with Gasteiger partial charge in [-0.3, -0.25) is 16.0 Å². The molecule has 4 nitrogen and oxygen atoms in total. The molecule has 0 aromatic carbocycles. The SMILES string of the molecule is CCc1nn(C)c(CC(NN)C2C3CCCCC32)c1Br. The molecule has 3 N–H and O–H groups in total. The second kappa shape index (κ2) is 5.78. The summed E-state index contributed by atoms with van der Waals surface area (Å²) in [4.78, 5) is 0. The van der Waals surface area contributed by atoms with Gasteiger partial charge >= 0.3 is 0 Å². The Balaban J connectivity index is 1.74. The molecule has 1 aromatic heterocycles. The van der Waals surface area contributed by atoms with Crippen molar-refractivity contribution in [3.8, 4) is 0 Å². The van der Waals surface area contributed by atoms with E-state index in [1.54, 1.807) is 0 Å². The number of halogens is 1. The number of nitrogens with zero attached hydrogens (tertiary/aromatic N) is 2. The molecular formula is C15H25BrN4. The van der Waals surface area contributed by atoms with E-state index in [-0.39, 0.29) is 0 Å². The van der Waals surface area contributed by atoms with E-state index in [9.17, 15) is 0 Å². The predicted molar refractivity (Wildman–Crippen MR) is 84.0 cm³/mol. The Hall–Kier alpha value is -0.390. The zero-order valence-corrected chi connectivity index (χ0v) is 14.0. The van der Waals surface area contributed by atoms with Gasteiger partial charge in [0.15, 0.2) is 0 Å². The molecule has 112 valence electrons. The molecule has 3 rings (SSSR count). The lowest BCUT2D eigenvalue weighted by Gasteiger charge is -2.16. The fourth-order valence-electron chi connectivity index (χ4n) is 4.20. The summed E-state index contributed by atoms with van der Waals surface area (Å²) >= 11 is 3.71. The van der Waals surface area contributed by atoms with E-state index in [4.69, 9.17) is 5.84 Å². The van der Waals surface area contributed by atoms with E-state index in [0.717, 1.165) is 36.3 Å². The largest absolute Gasteiger partial charge is 0.271 e. The quantitative estimate of drug-likeness (QED) is 0.639. The van der Waals surface area contributed by atoms with Crippen LogP contribution in [0.2, 0.25) is 0 Å². The van der Waals surface area contributed by atoms with Gasteiger partial charge in [-0.1, -0.05) is 19.8 Å². The van der Waals surface area contributed by atoms with Crippen molar-refractivity contribution in [2.75, 3.05) is 0 Å². The Morgan fingerprint density at radius 1 is 1.40 bits per heavy atom. The maximum absolute atomic E-state index is 5.86. The Morgan fingerprint density at radius 3 is 2.55 bits per heavy atom. The number of nitrogens with one attached hydrogen (secondary N) is 1. The standard InChI is InChI=1S/C15H25BrN4/c1-3-11-15(16)13(20(2)19-11)8-12(18-17)14-9-6-4-5-7-10(9)14/h9-10,12,14,18H,3-8,17H2,1-2H3. The van der Waals surface area contributed by atoms with Gasteiger partial charge in [-0.25, -0.2) is 0 Å². The number of hydrogen-bond acceptors (Lipinski definition) is 3. The van der Waals surface area contributed by atoms with Gasteiger partial charge < -0.3 is 0 Å².